The van der Waals surface area contributed by atoms with E-state index in [1.807, 2.05) is 0 Å². The van der Waals surface area contributed by atoms with Gasteiger partial charge in [0.15, 0.2) is 0 Å². The molecule has 2 atom stereocenters. The predicted octanol–water partition coefficient (Wildman–Crippen LogP) is 4.55. The van der Waals surface area contributed by atoms with Crippen LogP contribution in [0.1, 0.15) is 64.0 Å². The molecule has 1 aromatic rings. The lowest BCUT2D eigenvalue weighted by atomic mass is 9.66. The molecular formula is C18H29N. The standard InChI is InChI=1S/C18H29N/c1-13(2)14-8-6-7-9-15(14)16-12-19-11-10-17(16)18(3,4)5/h6-9,13,16-17,19H,10-12H2,1-5H3. The van der Waals surface area contributed by atoms with E-state index in [4.69, 9.17) is 0 Å². The van der Waals surface area contributed by atoms with Crippen molar-refractivity contribution in [1.82, 2.24) is 5.32 Å². The van der Waals surface area contributed by atoms with E-state index in [1.165, 1.54) is 18.5 Å². The molecular weight excluding hydrogens is 230 g/mol. The first kappa shape index (κ1) is 14.6. The van der Waals surface area contributed by atoms with Gasteiger partial charge < -0.3 is 5.32 Å². The molecule has 1 aromatic carbocycles. The van der Waals surface area contributed by atoms with Gasteiger partial charge in [-0.05, 0) is 47.3 Å². The van der Waals surface area contributed by atoms with Gasteiger partial charge in [-0.3, -0.25) is 0 Å². The van der Waals surface area contributed by atoms with Crippen LogP contribution in [0, 0.1) is 11.3 Å². The summed E-state index contributed by atoms with van der Waals surface area (Å²) in [5.74, 6) is 2.04. The molecule has 0 saturated carbocycles. The summed E-state index contributed by atoms with van der Waals surface area (Å²) in [7, 11) is 0. The van der Waals surface area contributed by atoms with Crippen molar-refractivity contribution >= 4 is 0 Å². The third-order valence-corrected chi connectivity index (χ3v) is 4.61. The minimum atomic E-state index is 0.386. The Bertz CT molecular complexity index is 414. The van der Waals surface area contributed by atoms with Crippen LogP contribution in [-0.4, -0.2) is 13.1 Å². The molecule has 19 heavy (non-hydrogen) atoms. The van der Waals surface area contributed by atoms with Gasteiger partial charge in [-0.2, -0.15) is 0 Å². The highest BCUT2D eigenvalue weighted by Crippen LogP contribution is 2.43. The average Bonchev–Trinajstić information content (AvgIpc) is 2.37. The Balaban J connectivity index is 2.38. The van der Waals surface area contributed by atoms with E-state index >= 15 is 0 Å². The molecule has 2 rings (SSSR count). The number of rotatable bonds is 2. The largest absolute Gasteiger partial charge is 0.316 e. The van der Waals surface area contributed by atoms with Crippen LogP contribution < -0.4 is 5.32 Å². The number of benzene rings is 1. The van der Waals surface area contributed by atoms with Crippen LogP contribution >= 0.6 is 0 Å². The van der Waals surface area contributed by atoms with Crippen molar-refractivity contribution in [3.05, 3.63) is 35.4 Å². The molecule has 1 aliphatic rings. The van der Waals surface area contributed by atoms with Gasteiger partial charge in [0, 0.05) is 6.54 Å². The second-order valence-electron chi connectivity index (χ2n) is 7.36. The molecule has 1 heteroatoms. The van der Waals surface area contributed by atoms with E-state index in [2.05, 4.69) is 64.2 Å². The Morgan fingerprint density at radius 1 is 1.16 bits per heavy atom. The maximum absolute atomic E-state index is 3.60. The summed E-state index contributed by atoms with van der Waals surface area (Å²) < 4.78 is 0. The first-order valence-electron chi connectivity index (χ1n) is 7.71. The molecule has 0 bridgehead atoms. The molecule has 1 aliphatic heterocycles. The molecule has 1 N–H and O–H groups in total. The molecule has 0 aliphatic carbocycles. The van der Waals surface area contributed by atoms with E-state index < -0.39 is 0 Å². The SMILES string of the molecule is CC(C)c1ccccc1C1CNCCC1C(C)(C)C. The zero-order valence-corrected chi connectivity index (χ0v) is 13.2. The summed E-state index contributed by atoms with van der Waals surface area (Å²) in [6, 6.07) is 9.05. The summed E-state index contributed by atoms with van der Waals surface area (Å²) in [5, 5.41) is 3.60. The zero-order chi connectivity index (χ0) is 14.0. The number of piperidine rings is 1. The summed E-state index contributed by atoms with van der Waals surface area (Å²) in [6.45, 7) is 14.1. The molecule has 1 nitrogen and oxygen atoms in total. The van der Waals surface area contributed by atoms with Crippen molar-refractivity contribution in [1.29, 1.82) is 0 Å². The monoisotopic (exact) mass is 259 g/mol. The van der Waals surface area contributed by atoms with E-state index in [0.717, 1.165) is 12.5 Å². The Labute approximate surface area is 118 Å². The summed E-state index contributed by atoms with van der Waals surface area (Å²) >= 11 is 0. The summed E-state index contributed by atoms with van der Waals surface area (Å²) in [6.07, 6.45) is 1.29. The lowest BCUT2D eigenvalue weighted by Crippen LogP contribution is -2.41. The lowest BCUT2D eigenvalue weighted by Gasteiger charge is -2.42. The lowest BCUT2D eigenvalue weighted by molar-refractivity contribution is 0.160. The molecule has 1 saturated heterocycles. The topological polar surface area (TPSA) is 12.0 Å². The molecule has 0 radical (unpaired) electrons. The molecule has 0 spiro atoms. The van der Waals surface area contributed by atoms with Gasteiger partial charge in [0.05, 0.1) is 0 Å². The highest BCUT2D eigenvalue weighted by atomic mass is 14.9. The van der Waals surface area contributed by atoms with Crippen molar-refractivity contribution in [3.63, 3.8) is 0 Å². The minimum Gasteiger partial charge on any atom is -0.316 e. The number of hydrogen-bond acceptors (Lipinski definition) is 1. The minimum absolute atomic E-state index is 0.386. The van der Waals surface area contributed by atoms with E-state index in [9.17, 15) is 0 Å². The Morgan fingerprint density at radius 2 is 1.84 bits per heavy atom. The highest BCUT2D eigenvalue weighted by Gasteiger charge is 2.35. The van der Waals surface area contributed by atoms with Crippen LogP contribution in [-0.2, 0) is 0 Å². The summed E-state index contributed by atoms with van der Waals surface area (Å²) in [4.78, 5) is 0. The predicted molar refractivity (Wildman–Crippen MR) is 83.7 cm³/mol. The summed E-state index contributed by atoms with van der Waals surface area (Å²) in [5.41, 5.74) is 3.49. The Morgan fingerprint density at radius 3 is 2.47 bits per heavy atom. The Kier molecular flexibility index (Phi) is 4.35. The van der Waals surface area contributed by atoms with Crippen LogP contribution in [0.2, 0.25) is 0 Å². The Hall–Kier alpha value is -0.820. The average molecular weight is 259 g/mol. The van der Waals surface area contributed by atoms with Gasteiger partial charge in [-0.1, -0.05) is 58.9 Å². The van der Waals surface area contributed by atoms with Crippen molar-refractivity contribution in [2.45, 2.75) is 52.9 Å². The molecule has 1 heterocycles. The normalized spacial score (nSPS) is 24.7. The fraction of sp³-hybridized carbons (Fsp3) is 0.667. The van der Waals surface area contributed by atoms with Gasteiger partial charge in [-0.25, -0.2) is 0 Å². The third-order valence-electron chi connectivity index (χ3n) is 4.61. The van der Waals surface area contributed by atoms with Crippen LogP contribution in [0.5, 0.6) is 0 Å². The third kappa shape index (κ3) is 3.20. The van der Waals surface area contributed by atoms with Crippen LogP contribution in [0.25, 0.3) is 0 Å². The fourth-order valence-corrected chi connectivity index (χ4v) is 3.60. The van der Waals surface area contributed by atoms with E-state index in [0.29, 0.717) is 17.3 Å². The second kappa shape index (κ2) is 5.66. The van der Waals surface area contributed by atoms with E-state index in [1.54, 1.807) is 5.56 Å². The smallest absolute Gasteiger partial charge is 0.00231 e. The second-order valence-corrected chi connectivity index (χ2v) is 7.36. The molecule has 106 valence electrons. The van der Waals surface area contributed by atoms with Crippen molar-refractivity contribution in [2.24, 2.45) is 11.3 Å². The number of nitrogens with one attached hydrogen (secondary N) is 1. The fourth-order valence-electron chi connectivity index (χ4n) is 3.60. The van der Waals surface area contributed by atoms with Crippen molar-refractivity contribution in [2.75, 3.05) is 13.1 Å². The van der Waals surface area contributed by atoms with Crippen LogP contribution in [0.3, 0.4) is 0 Å². The van der Waals surface area contributed by atoms with Crippen molar-refractivity contribution in [3.8, 4) is 0 Å². The maximum Gasteiger partial charge on any atom is 0.00231 e. The van der Waals surface area contributed by atoms with Gasteiger partial charge in [-0.15, -0.1) is 0 Å². The quantitative estimate of drug-likeness (QED) is 0.821. The van der Waals surface area contributed by atoms with Gasteiger partial charge >= 0.3 is 0 Å². The van der Waals surface area contributed by atoms with Crippen LogP contribution in [0.15, 0.2) is 24.3 Å². The van der Waals surface area contributed by atoms with E-state index in [-0.39, 0.29) is 0 Å². The molecule has 1 fully saturated rings. The van der Waals surface area contributed by atoms with Crippen molar-refractivity contribution < 1.29 is 0 Å². The van der Waals surface area contributed by atoms with Gasteiger partial charge in [0.2, 0.25) is 0 Å². The zero-order valence-electron chi connectivity index (χ0n) is 13.2. The molecule has 0 aromatic heterocycles. The molecule has 0 amide bonds. The maximum atomic E-state index is 3.60. The van der Waals surface area contributed by atoms with Gasteiger partial charge in [0.1, 0.15) is 0 Å². The number of hydrogen-bond donors (Lipinski definition) is 1. The molecule has 2 unspecified atom stereocenters. The van der Waals surface area contributed by atoms with Gasteiger partial charge in [0.25, 0.3) is 0 Å². The first-order valence-corrected chi connectivity index (χ1v) is 7.71. The highest BCUT2D eigenvalue weighted by molar-refractivity contribution is 5.34. The first-order chi connectivity index (χ1) is 8.91. The van der Waals surface area contributed by atoms with Crippen LogP contribution in [0.4, 0.5) is 0 Å².